The van der Waals surface area contributed by atoms with E-state index in [1.54, 1.807) is 0 Å². The molecule has 0 N–H and O–H groups in total. The second-order valence-corrected chi connectivity index (χ2v) is 8.93. The molecule has 0 heterocycles. The smallest absolute Gasteiger partial charge is 0.111 e. The van der Waals surface area contributed by atoms with Crippen molar-refractivity contribution < 1.29 is 17.0 Å². The summed E-state index contributed by atoms with van der Waals surface area (Å²) in [6.07, 6.45) is 1.14. The molecule has 3 aromatic rings. The van der Waals surface area contributed by atoms with Gasteiger partial charge in [0.25, 0.3) is 0 Å². The van der Waals surface area contributed by atoms with Crippen molar-refractivity contribution in [2.24, 2.45) is 0 Å². The molecule has 0 nitrogen and oxygen atoms in total. The molecule has 0 spiro atoms. The highest BCUT2D eigenvalue weighted by atomic mass is 79.9. The Kier molecular flexibility index (Phi) is 5.94. The van der Waals surface area contributed by atoms with Crippen LogP contribution in [0.4, 0.5) is 0 Å². The Hall–Kier alpha value is -1.43. The predicted octanol–water partition coefficient (Wildman–Crippen LogP) is 1.00. The van der Waals surface area contributed by atoms with E-state index >= 15 is 0 Å². The molecule has 0 aliphatic carbocycles. The fraction of sp³-hybridized carbons (Fsp3) is 0.100. The maximum Gasteiger partial charge on any atom is 0.111 e. The van der Waals surface area contributed by atoms with E-state index in [2.05, 4.69) is 97.9 Å². The summed E-state index contributed by atoms with van der Waals surface area (Å²) in [5, 5.41) is 4.39. The first-order valence-electron chi connectivity index (χ1n) is 7.43. The summed E-state index contributed by atoms with van der Waals surface area (Å²) in [6, 6.07) is 33.0. The molecule has 0 amide bonds. The molecular weight excluding hydrogens is 351 g/mol. The lowest BCUT2D eigenvalue weighted by atomic mass is 10.4. The Morgan fingerprint density at radius 2 is 0.818 bits per heavy atom. The lowest BCUT2D eigenvalue weighted by Gasteiger charge is -2.26. The van der Waals surface area contributed by atoms with E-state index in [0.29, 0.717) is 0 Å². The highest BCUT2D eigenvalue weighted by Crippen LogP contribution is 2.54. The Bertz CT molecular complexity index is 584. The van der Waals surface area contributed by atoms with Gasteiger partial charge in [-0.2, -0.15) is 0 Å². The van der Waals surface area contributed by atoms with Crippen LogP contribution in [0.1, 0.15) is 6.92 Å². The van der Waals surface area contributed by atoms with E-state index in [9.17, 15) is 0 Å². The molecular formula is C20H20BrP. The molecule has 0 saturated heterocycles. The van der Waals surface area contributed by atoms with E-state index < -0.39 is 7.26 Å². The van der Waals surface area contributed by atoms with Crippen LogP contribution < -0.4 is 32.9 Å². The summed E-state index contributed by atoms with van der Waals surface area (Å²) in [4.78, 5) is 0. The minimum atomic E-state index is -1.53. The second kappa shape index (κ2) is 7.72. The fourth-order valence-electron chi connectivity index (χ4n) is 3.04. The first kappa shape index (κ1) is 16.9. The first-order chi connectivity index (χ1) is 10.4. The van der Waals surface area contributed by atoms with Gasteiger partial charge in [0, 0.05) is 0 Å². The molecule has 0 fully saturated rings. The Balaban J connectivity index is 0.00000176. The van der Waals surface area contributed by atoms with Gasteiger partial charge < -0.3 is 17.0 Å². The van der Waals surface area contributed by atoms with Gasteiger partial charge in [-0.05, 0) is 43.3 Å². The minimum absolute atomic E-state index is 0. The Labute approximate surface area is 144 Å². The van der Waals surface area contributed by atoms with Gasteiger partial charge in [0.05, 0.1) is 6.16 Å². The average molecular weight is 371 g/mol. The maximum absolute atomic E-state index is 2.32. The Morgan fingerprint density at radius 3 is 1.05 bits per heavy atom. The topological polar surface area (TPSA) is 0 Å². The quantitative estimate of drug-likeness (QED) is 0.601. The molecule has 3 aromatic carbocycles. The van der Waals surface area contributed by atoms with Crippen LogP contribution in [0.2, 0.25) is 0 Å². The predicted molar refractivity (Wildman–Crippen MR) is 95.7 cm³/mol. The summed E-state index contributed by atoms with van der Waals surface area (Å²) in [5.74, 6) is 0. The van der Waals surface area contributed by atoms with Crippen LogP contribution in [0.25, 0.3) is 0 Å². The second-order valence-electron chi connectivity index (χ2n) is 5.13. The van der Waals surface area contributed by atoms with Gasteiger partial charge in [0.2, 0.25) is 0 Å². The van der Waals surface area contributed by atoms with Gasteiger partial charge in [-0.25, -0.2) is 0 Å². The number of hydrogen-bond donors (Lipinski definition) is 0. The zero-order chi connectivity index (χ0) is 14.5. The normalized spacial score (nSPS) is 10.8. The maximum atomic E-state index is 2.32. The SMILES string of the molecule is CC[P+](c1ccccc1)(c1ccccc1)c1ccccc1.[Br-]. The van der Waals surface area contributed by atoms with Crippen LogP contribution >= 0.6 is 7.26 Å². The van der Waals surface area contributed by atoms with Crippen molar-refractivity contribution in [2.75, 3.05) is 6.16 Å². The lowest BCUT2D eigenvalue weighted by Crippen LogP contribution is -3.00. The molecule has 2 heteroatoms. The number of rotatable bonds is 4. The van der Waals surface area contributed by atoms with Crippen LogP contribution in [0.5, 0.6) is 0 Å². The summed E-state index contributed by atoms with van der Waals surface area (Å²) in [6.45, 7) is 2.32. The molecule has 0 aromatic heterocycles. The number of hydrogen-bond acceptors (Lipinski definition) is 0. The largest absolute Gasteiger partial charge is 1.00 e. The molecule has 0 radical (unpaired) electrons. The van der Waals surface area contributed by atoms with Gasteiger partial charge in [-0.3, -0.25) is 0 Å². The minimum Gasteiger partial charge on any atom is -1.00 e. The molecule has 0 aliphatic heterocycles. The Morgan fingerprint density at radius 1 is 0.545 bits per heavy atom. The van der Waals surface area contributed by atoms with Crippen LogP contribution in [0, 0.1) is 0 Å². The fourth-order valence-corrected chi connectivity index (χ4v) is 7.08. The number of benzene rings is 3. The van der Waals surface area contributed by atoms with Gasteiger partial charge in [-0.15, -0.1) is 0 Å². The van der Waals surface area contributed by atoms with Crippen molar-refractivity contribution in [1.29, 1.82) is 0 Å². The molecule has 112 valence electrons. The van der Waals surface area contributed by atoms with Crippen molar-refractivity contribution in [1.82, 2.24) is 0 Å². The molecule has 0 aliphatic rings. The van der Waals surface area contributed by atoms with Crippen molar-refractivity contribution in [2.45, 2.75) is 6.92 Å². The van der Waals surface area contributed by atoms with Crippen LogP contribution in [0.3, 0.4) is 0 Å². The third-order valence-electron chi connectivity index (χ3n) is 4.07. The van der Waals surface area contributed by atoms with Crippen LogP contribution in [-0.4, -0.2) is 6.16 Å². The van der Waals surface area contributed by atoms with Gasteiger partial charge in [0.15, 0.2) is 0 Å². The van der Waals surface area contributed by atoms with Gasteiger partial charge in [-0.1, -0.05) is 54.6 Å². The van der Waals surface area contributed by atoms with E-state index in [1.807, 2.05) is 0 Å². The standard InChI is InChI=1S/C20H20P.BrH/c1-2-21(18-12-6-3-7-13-18,19-14-8-4-9-15-19)20-16-10-5-11-17-20;/h3-17H,2H2,1H3;1H/q+1;/p-1. The molecule has 0 bridgehead atoms. The van der Waals surface area contributed by atoms with Crippen molar-refractivity contribution in [3.8, 4) is 0 Å². The van der Waals surface area contributed by atoms with Gasteiger partial charge in [0.1, 0.15) is 23.2 Å². The molecule has 0 atom stereocenters. The van der Waals surface area contributed by atoms with Crippen molar-refractivity contribution >= 4 is 23.2 Å². The van der Waals surface area contributed by atoms with Crippen LogP contribution in [0.15, 0.2) is 91.0 Å². The average Bonchev–Trinajstić information content (AvgIpc) is 2.59. The number of halogens is 1. The van der Waals surface area contributed by atoms with Crippen molar-refractivity contribution in [3.63, 3.8) is 0 Å². The zero-order valence-corrected chi connectivity index (χ0v) is 15.2. The zero-order valence-electron chi connectivity index (χ0n) is 12.7. The third-order valence-corrected chi connectivity index (χ3v) is 8.55. The molecule has 0 unspecified atom stereocenters. The molecule has 0 saturated carbocycles. The summed E-state index contributed by atoms with van der Waals surface area (Å²) < 4.78 is 0. The molecule has 3 rings (SSSR count). The van der Waals surface area contributed by atoms with E-state index in [0.717, 1.165) is 6.16 Å². The third kappa shape index (κ3) is 3.02. The highest BCUT2D eigenvalue weighted by Gasteiger charge is 2.43. The summed E-state index contributed by atoms with van der Waals surface area (Å²) in [7, 11) is -1.53. The summed E-state index contributed by atoms with van der Waals surface area (Å²) >= 11 is 0. The first-order valence-corrected chi connectivity index (χ1v) is 9.40. The van der Waals surface area contributed by atoms with Crippen LogP contribution in [-0.2, 0) is 0 Å². The molecule has 22 heavy (non-hydrogen) atoms. The monoisotopic (exact) mass is 370 g/mol. The van der Waals surface area contributed by atoms with E-state index in [4.69, 9.17) is 0 Å². The van der Waals surface area contributed by atoms with E-state index in [1.165, 1.54) is 15.9 Å². The van der Waals surface area contributed by atoms with Gasteiger partial charge >= 0.3 is 0 Å². The van der Waals surface area contributed by atoms with Crippen molar-refractivity contribution in [3.05, 3.63) is 91.0 Å². The highest BCUT2D eigenvalue weighted by molar-refractivity contribution is 7.95. The lowest BCUT2D eigenvalue weighted by molar-refractivity contribution is -0.00000409. The van der Waals surface area contributed by atoms with E-state index in [-0.39, 0.29) is 17.0 Å². The summed E-state index contributed by atoms with van der Waals surface area (Å²) in [5.41, 5.74) is 0.